The highest BCUT2D eigenvalue weighted by atomic mass is 16.3. The molecule has 0 N–H and O–H groups in total. The summed E-state index contributed by atoms with van der Waals surface area (Å²) in [7, 11) is 2.06. The zero-order chi connectivity index (χ0) is 14.8. The SMILES string of the molecule is Cc1ccc2c(oc3nc4c(cc32)C4)c1-c1cccc[n+]1C. The molecule has 1 aromatic carbocycles. The van der Waals surface area contributed by atoms with Crippen molar-refractivity contribution < 1.29 is 8.98 Å². The van der Waals surface area contributed by atoms with Gasteiger partial charge in [-0.25, -0.2) is 9.55 Å². The van der Waals surface area contributed by atoms with E-state index in [1.807, 2.05) is 6.07 Å². The number of aromatic nitrogens is 2. The smallest absolute Gasteiger partial charge is 0.227 e. The fourth-order valence-corrected chi connectivity index (χ4v) is 3.27. The van der Waals surface area contributed by atoms with E-state index >= 15 is 0 Å². The molecule has 5 rings (SSSR count). The van der Waals surface area contributed by atoms with Crippen molar-refractivity contribution in [1.29, 1.82) is 0 Å². The van der Waals surface area contributed by atoms with Gasteiger partial charge in [-0.2, -0.15) is 0 Å². The monoisotopic (exact) mass is 287 g/mol. The molecule has 0 amide bonds. The fourth-order valence-electron chi connectivity index (χ4n) is 3.27. The highest BCUT2D eigenvalue weighted by molar-refractivity contribution is 6.09. The topological polar surface area (TPSA) is 29.9 Å². The van der Waals surface area contributed by atoms with Gasteiger partial charge in [-0.15, -0.1) is 0 Å². The van der Waals surface area contributed by atoms with Crippen LogP contribution in [0.4, 0.5) is 0 Å². The van der Waals surface area contributed by atoms with Crippen LogP contribution in [0.1, 0.15) is 16.8 Å². The van der Waals surface area contributed by atoms with Crippen molar-refractivity contribution in [3.05, 3.63) is 59.4 Å². The summed E-state index contributed by atoms with van der Waals surface area (Å²) < 4.78 is 8.29. The molecule has 0 radical (unpaired) electrons. The fraction of sp³-hybridized carbons (Fsp3) is 0.158. The number of pyridine rings is 2. The van der Waals surface area contributed by atoms with E-state index in [0.29, 0.717) is 0 Å². The van der Waals surface area contributed by atoms with Crippen LogP contribution in [-0.4, -0.2) is 4.98 Å². The Morgan fingerprint density at radius 1 is 1.14 bits per heavy atom. The molecule has 0 bridgehead atoms. The van der Waals surface area contributed by atoms with E-state index in [4.69, 9.17) is 4.42 Å². The van der Waals surface area contributed by atoms with Gasteiger partial charge in [-0.05, 0) is 30.2 Å². The maximum absolute atomic E-state index is 6.16. The van der Waals surface area contributed by atoms with E-state index in [1.54, 1.807) is 0 Å². The summed E-state index contributed by atoms with van der Waals surface area (Å²) in [5.74, 6) is 0. The molecule has 3 aromatic heterocycles. The Labute approximate surface area is 127 Å². The summed E-state index contributed by atoms with van der Waals surface area (Å²) >= 11 is 0. The van der Waals surface area contributed by atoms with Crippen molar-refractivity contribution in [2.24, 2.45) is 7.05 Å². The second kappa shape index (κ2) is 3.95. The van der Waals surface area contributed by atoms with E-state index in [1.165, 1.54) is 16.8 Å². The zero-order valence-electron chi connectivity index (χ0n) is 12.6. The molecule has 3 nitrogen and oxygen atoms in total. The maximum Gasteiger partial charge on any atom is 0.227 e. The second-order valence-corrected chi connectivity index (χ2v) is 6.06. The van der Waals surface area contributed by atoms with Crippen LogP contribution in [-0.2, 0) is 13.5 Å². The summed E-state index contributed by atoms with van der Waals surface area (Å²) in [5, 5.41) is 2.28. The minimum absolute atomic E-state index is 0.761. The summed E-state index contributed by atoms with van der Waals surface area (Å²) in [6, 6.07) is 12.8. The lowest BCUT2D eigenvalue weighted by molar-refractivity contribution is -0.660. The molecule has 1 aliphatic carbocycles. The number of rotatable bonds is 1. The Morgan fingerprint density at radius 3 is 2.91 bits per heavy atom. The van der Waals surface area contributed by atoms with Gasteiger partial charge in [0.05, 0.1) is 11.3 Å². The van der Waals surface area contributed by atoms with Gasteiger partial charge in [0.25, 0.3) is 0 Å². The first-order valence-corrected chi connectivity index (χ1v) is 7.52. The number of furan rings is 1. The van der Waals surface area contributed by atoms with Crippen molar-refractivity contribution in [3.63, 3.8) is 0 Å². The van der Waals surface area contributed by atoms with Gasteiger partial charge in [-0.1, -0.05) is 12.1 Å². The lowest BCUT2D eigenvalue weighted by Gasteiger charge is -2.04. The number of aryl methyl sites for hydroxylation is 2. The average Bonchev–Trinajstić information content (AvgIpc) is 3.18. The van der Waals surface area contributed by atoms with Gasteiger partial charge in [0.15, 0.2) is 11.8 Å². The molecule has 4 aromatic rings. The van der Waals surface area contributed by atoms with Crippen LogP contribution in [0, 0.1) is 6.92 Å². The van der Waals surface area contributed by atoms with Crippen molar-refractivity contribution in [2.45, 2.75) is 13.3 Å². The number of hydrogen-bond donors (Lipinski definition) is 0. The third-order valence-corrected chi connectivity index (χ3v) is 4.55. The van der Waals surface area contributed by atoms with Gasteiger partial charge < -0.3 is 4.42 Å². The Balaban J connectivity index is 1.93. The standard InChI is InChI=1S/C19H15N2O/c1-11-6-7-13-14-9-12-10-15(12)20-19(14)22-18(13)17(11)16-5-3-4-8-21(16)2/h3-9H,10H2,1-2H3/q+1. The Bertz CT molecular complexity index is 1080. The largest absolute Gasteiger partial charge is 0.437 e. The number of benzene rings is 1. The number of hydrogen-bond acceptors (Lipinski definition) is 2. The summed E-state index contributed by atoms with van der Waals surface area (Å²) in [4.78, 5) is 4.62. The molecule has 106 valence electrons. The second-order valence-electron chi connectivity index (χ2n) is 6.06. The van der Waals surface area contributed by atoms with E-state index in [9.17, 15) is 0 Å². The van der Waals surface area contributed by atoms with Crippen molar-refractivity contribution >= 4 is 22.1 Å². The molecule has 0 fully saturated rings. The quantitative estimate of drug-likeness (QED) is 0.440. The molecule has 0 saturated heterocycles. The van der Waals surface area contributed by atoms with Crippen LogP contribution >= 0.6 is 0 Å². The first-order chi connectivity index (χ1) is 10.7. The molecule has 0 atom stereocenters. The zero-order valence-corrected chi connectivity index (χ0v) is 12.6. The first-order valence-electron chi connectivity index (χ1n) is 7.52. The van der Waals surface area contributed by atoms with Gasteiger partial charge in [0.1, 0.15) is 7.05 Å². The lowest BCUT2D eigenvalue weighted by atomic mass is 10.0. The summed E-state index contributed by atoms with van der Waals surface area (Å²) in [6.07, 6.45) is 3.08. The molecule has 3 heteroatoms. The molecule has 3 heterocycles. The third kappa shape index (κ3) is 1.51. The van der Waals surface area contributed by atoms with Crippen molar-refractivity contribution in [2.75, 3.05) is 0 Å². The highest BCUT2D eigenvalue weighted by Crippen LogP contribution is 2.39. The van der Waals surface area contributed by atoms with E-state index < -0.39 is 0 Å². The molecule has 0 unspecified atom stereocenters. The molecule has 1 aliphatic rings. The highest BCUT2D eigenvalue weighted by Gasteiger charge is 2.25. The molecule has 0 saturated carbocycles. The van der Waals surface area contributed by atoms with Crippen molar-refractivity contribution in [3.8, 4) is 11.3 Å². The lowest BCUT2D eigenvalue weighted by Crippen LogP contribution is -2.30. The van der Waals surface area contributed by atoms with Crippen LogP contribution < -0.4 is 4.57 Å². The summed E-state index contributed by atoms with van der Waals surface area (Å²) in [6.45, 7) is 2.13. The van der Waals surface area contributed by atoms with E-state index in [-0.39, 0.29) is 0 Å². The third-order valence-electron chi connectivity index (χ3n) is 4.55. The van der Waals surface area contributed by atoms with Crippen LogP contribution in [0.15, 0.2) is 47.0 Å². The summed E-state index contributed by atoms with van der Waals surface area (Å²) in [5.41, 5.74) is 7.75. The van der Waals surface area contributed by atoms with Crippen LogP contribution in [0.25, 0.3) is 33.3 Å². The van der Waals surface area contributed by atoms with Gasteiger partial charge in [-0.3, -0.25) is 0 Å². The predicted octanol–water partition coefficient (Wildman–Crippen LogP) is 3.69. The Hall–Kier alpha value is -2.68. The molecular formula is C19H15N2O+. The van der Waals surface area contributed by atoms with E-state index in [2.05, 4.69) is 60.1 Å². The Kier molecular flexibility index (Phi) is 2.14. The molecule has 22 heavy (non-hydrogen) atoms. The van der Waals surface area contributed by atoms with Gasteiger partial charge in [0.2, 0.25) is 11.4 Å². The van der Waals surface area contributed by atoms with Crippen LogP contribution in [0.3, 0.4) is 0 Å². The van der Waals surface area contributed by atoms with Crippen molar-refractivity contribution in [1.82, 2.24) is 4.98 Å². The van der Waals surface area contributed by atoms with Gasteiger partial charge >= 0.3 is 0 Å². The number of fused-ring (bicyclic) bond motifs is 4. The maximum atomic E-state index is 6.16. The molecule has 0 aliphatic heterocycles. The molecular weight excluding hydrogens is 272 g/mol. The van der Waals surface area contributed by atoms with Crippen LogP contribution in [0.5, 0.6) is 0 Å². The minimum atomic E-state index is 0.761. The van der Waals surface area contributed by atoms with E-state index in [0.717, 1.165) is 39.7 Å². The number of nitrogens with zero attached hydrogens (tertiary/aromatic N) is 2. The van der Waals surface area contributed by atoms with Gasteiger partial charge in [0, 0.05) is 29.3 Å². The average molecular weight is 287 g/mol. The minimum Gasteiger partial charge on any atom is -0.437 e. The normalized spacial score (nSPS) is 12.8. The predicted molar refractivity (Wildman–Crippen MR) is 85.7 cm³/mol. The Morgan fingerprint density at radius 2 is 2.05 bits per heavy atom. The van der Waals surface area contributed by atoms with Crippen LogP contribution in [0.2, 0.25) is 0 Å². The first kappa shape index (κ1) is 11.9. The molecule has 0 spiro atoms.